The van der Waals surface area contributed by atoms with Gasteiger partial charge in [0.05, 0.1) is 0 Å². The fourth-order valence-corrected chi connectivity index (χ4v) is 3.12. The van der Waals surface area contributed by atoms with E-state index in [0.29, 0.717) is 34.3 Å². The predicted molar refractivity (Wildman–Crippen MR) is 88.3 cm³/mol. The first kappa shape index (κ1) is 16.6. The Morgan fingerprint density at radius 1 is 1.17 bits per heavy atom. The van der Waals surface area contributed by atoms with Crippen LogP contribution >= 0.6 is 11.8 Å². The van der Waals surface area contributed by atoms with E-state index < -0.39 is 11.6 Å². The van der Waals surface area contributed by atoms with Crippen molar-refractivity contribution in [2.75, 3.05) is 17.9 Å². The molecule has 2 aromatic rings. The summed E-state index contributed by atoms with van der Waals surface area (Å²) in [7, 11) is 0. The van der Waals surface area contributed by atoms with Crippen molar-refractivity contribution < 1.29 is 23.0 Å². The molecule has 0 bridgehead atoms. The van der Waals surface area contributed by atoms with Crippen molar-refractivity contribution in [3.63, 3.8) is 0 Å². The molecule has 2 aromatic carbocycles. The smallest absolute Gasteiger partial charge is 0.231 e. The first-order valence-corrected chi connectivity index (χ1v) is 8.49. The second-order valence-electron chi connectivity index (χ2n) is 5.13. The summed E-state index contributed by atoms with van der Waals surface area (Å²) in [6.07, 6.45) is 0.274. The molecule has 1 aliphatic heterocycles. The minimum atomic E-state index is -0.853. The summed E-state index contributed by atoms with van der Waals surface area (Å²) in [4.78, 5) is 11.9. The number of hydrogen-bond acceptors (Lipinski definition) is 4. The molecule has 7 heteroatoms. The topological polar surface area (TPSA) is 47.6 Å². The van der Waals surface area contributed by atoms with Gasteiger partial charge in [0, 0.05) is 35.2 Å². The number of amides is 1. The summed E-state index contributed by atoms with van der Waals surface area (Å²) in [5.74, 6) is 0.252. The quantitative estimate of drug-likeness (QED) is 0.801. The Bertz CT molecular complexity index is 755. The van der Waals surface area contributed by atoms with Crippen molar-refractivity contribution in [1.82, 2.24) is 0 Å². The lowest BCUT2D eigenvalue weighted by atomic mass is 10.2. The highest BCUT2D eigenvalue weighted by atomic mass is 32.2. The number of hydrogen-bond donors (Lipinski definition) is 1. The summed E-state index contributed by atoms with van der Waals surface area (Å²) >= 11 is 1.38. The van der Waals surface area contributed by atoms with E-state index in [1.54, 1.807) is 18.2 Å². The largest absolute Gasteiger partial charge is 0.454 e. The number of benzene rings is 2. The monoisotopic (exact) mass is 351 g/mol. The van der Waals surface area contributed by atoms with Crippen LogP contribution in [0.4, 0.5) is 14.5 Å². The number of anilines is 1. The number of fused-ring (bicyclic) bond motifs is 1. The summed E-state index contributed by atoms with van der Waals surface area (Å²) in [5, 5.41) is 2.77. The second kappa shape index (κ2) is 7.53. The number of rotatable bonds is 6. The molecule has 0 fully saturated rings. The second-order valence-corrected chi connectivity index (χ2v) is 6.24. The Labute approximate surface area is 142 Å². The normalized spacial score (nSPS) is 12.2. The van der Waals surface area contributed by atoms with Crippen LogP contribution in [0.5, 0.6) is 11.5 Å². The molecule has 0 radical (unpaired) electrons. The third-order valence-electron chi connectivity index (χ3n) is 3.42. The van der Waals surface area contributed by atoms with Crippen molar-refractivity contribution in [3.05, 3.63) is 53.6 Å². The van der Waals surface area contributed by atoms with Gasteiger partial charge in [0.1, 0.15) is 0 Å². The number of halogens is 2. The molecule has 1 aliphatic rings. The van der Waals surface area contributed by atoms with E-state index in [1.165, 1.54) is 23.9 Å². The molecule has 24 heavy (non-hydrogen) atoms. The lowest BCUT2D eigenvalue weighted by molar-refractivity contribution is -0.115. The molecule has 1 N–H and O–H groups in total. The van der Waals surface area contributed by atoms with E-state index >= 15 is 0 Å². The molecule has 1 heterocycles. The molecule has 3 rings (SSSR count). The fraction of sp³-hybridized carbons (Fsp3) is 0.235. The van der Waals surface area contributed by atoms with Crippen molar-refractivity contribution in [3.8, 4) is 11.5 Å². The molecular formula is C17H15F2NO3S. The van der Waals surface area contributed by atoms with E-state index in [4.69, 9.17) is 9.47 Å². The maximum absolute atomic E-state index is 13.5. The Balaban J connectivity index is 1.43. The summed E-state index contributed by atoms with van der Waals surface area (Å²) in [6, 6.07) is 9.27. The highest BCUT2D eigenvalue weighted by Gasteiger charge is 2.14. The van der Waals surface area contributed by atoms with Gasteiger partial charge in [-0.1, -0.05) is 12.1 Å². The number of carbonyl (C=O) groups excluding carboxylic acids is 1. The van der Waals surface area contributed by atoms with Crippen molar-refractivity contribution >= 4 is 23.4 Å². The van der Waals surface area contributed by atoms with E-state index in [0.717, 1.165) is 6.07 Å². The average molecular weight is 351 g/mol. The predicted octanol–water partition coefficient (Wildman–Crippen LogP) is 3.96. The lowest BCUT2D eigenvalue weighted by Gasteiger charge is -2.07. The van der Waals surface area contributed by atoms with Gasteiger partial charge in [-0.3, -0.25) is 4.79 Å². The SMILES string of the molecule is O=C(CCSCc1cccc(F)c1F)Nc1ccc2c(c1)OCO2. The van der Waals surface area contributed by atoms with Gasteiger partial charge in [0.15, 0.2) is 23.1 Å². The van der Waals surface area contributed by atoms with Gasteiger partial charge >= 0.3 is 0 Å². The minimum Gasteiger partial charge on any atom is -0.454 e. The van der Waals surface area contributed by atoms with Crippen LogP contribution < -0.4 is 14.8 Å². The van der Waals surface area contributed by atoms with Gasteiger partial charge in [0.25, 0.3) is 0 Å². The van der Waals surface area contributed by atoms with Gasteiger partial charge in [-0.2, -0.15) is 11.8 Å². The maximum Gasteiger partial charge on any atom is 0.231 e. The first-order valence-electron chi connectivity index (χ1n) is 7.33. The van der Waals surface area contributed by atoms with E-state index in [2.05, 4.69) is 5.32 Å². The van der Waals surface area contributed by atoms with Crippen LogP contribution in [0.25, 0.3) is 0 Å². The third kappa shape index (κ3) is 3.97. The lowest BCUT2D eigenvalue weighted by Crippen LogP contribution is -2.12. The van der Waals surface area contributed by atoms with Crippen LogP contribution in [0.2, 0.25) is 0 Å². The average Bonchev–Trinajstić information content (AvgIpc) is 3.03. The molecule has 0 saturated carbocycles. The zero-order valence-electron chi connectivity index (χ0n) is 12.7. The van der Waals surface area contributed by atoms with Crippen LogP contribution in [0.15, 0.2) is 36.4 Å². The van der Waals surface area contributed by atoms with Crippen molar-refractivity contribution in [2.24, 2.45) is 0 Å². The number of thioether (sulfide) groups is 1. The third-order valence-corrected chi connectivity index (χ3v) is 4.43. The zero-order chi connectivity index (χ0) is 16.9. The molecule has 0 aliphatic carbocycles. The highest BCUT2D eigenvalue weighted by molar-refractivity contribution is 7.98. The molecule has 0 spiro atoms. The van der Waals surface area contributed by atoms with Gasteiger partial charge in [-0.25, -0.2) is 8.78 Å². The maximum atomic E-state index is 13.5. The molecule has 4 nitrogen and oxygen atoms in total. The van der Waals surface area contributed by atoms with Crippen LogP contribution in [0.3, 0.4) is 0 Å². The van der Waals surface area contributed by atoms with Crippen molar-refractivity contribution in [2.45, 2.75) is 12.2 Å². The fourth-order valence-electron chi connectivity index (χ4n) is 2.20. The number of nitrogens with one attached hydrogen (secondary N) is 1. The van der Waals surface area contributed by atoms with Crippen LogP contribution in [0, 0.1) is 11.6 Å². The number of ether oxygens (including phenoxy) is 2. The zero-order valence-corrected chi connectivity index (χ0v) is 13.5. The molecule has 0 aromatic heterocycles. The van der Waals surface area contributed by atoms with Crippen LogP contribution in [0.1, 0.15) is 12.0 Å². The standard InChI is InChI=1S/C17H15F2NO3S/c18-13-3-1-2-11(17(13)19)9-24-7-6-16(21)20-12-4-5-14-15(8-12)23-10-22-14/h1-5,8H,6-7,9-10H2,(H,20,21). The van der Waals surface area contributed by atoms with Crippen LogP contribution in [-0.2, 0) is 10.5 Å². The highest BCUT2D eigenvalue weighted by Crippen LogP contribution is 2.34. The Kier molecular flexibility index (Phi) is 5.20. The van der Waals surface area contributed by atoms with Gasteiger partial charge in [-0.15, -0.1) is 0 Å². The molecule has 0 atom stereocenters. The summed E-state index contributed by atoms with van der Waals surface area (Å²) in [5.41, 5.74) is 0.932. The minimum absolute atomic E-state index is 0.152. The molecule has 0 saturated heterocycles. The van der Waals surface area contributed by atoms with Crippen molar-refractivity contribution in [1.29, 1.82) is 0 Å². The van der Waals surface area contributed by atoms with Gasteiger partial charge < -0.3 is 14.8 Å². The summed E-state index contributed by atoms with van der Waals surface area (Å²) < 4.78 is 37.0. The Hall–Kier alpha value is -2.28. The molecular weight excluding hydrogens is 336 g/mol. The molecule has 1 amide bonds. The van der Waals surface area contributed by atoms with E-state index in [9.17, 15) is 13.6 Å². The van der Waals surface area contributed by atoms with Gasteiger partial charge in [-0.05, 0) is 18.2 Å². The first-order chi connectivity index (χ1) is 11.6. The van der Waals surface area contributed by atoms with E-state index in [-0.39, 0.29) is 19.1 Å². The van der Waals surface area contributed by atoms with Gasteiger partial charge in [0.2, 0.25) is 12.7 Å². The molecule has 0 unspecified atom stereocenters. The van der Waals surface area contributed by atoms with E-state index in [1.807, 2.05) is 0 Å². The van der Waals surface area contributed by atoms with Crippen LogP contribution in [-0.4, -0.2) is 18.5 Å². The summed E-state index contributed by atoms with van der Waals surface area (Å²) in [6.45, 7) is 0.181. The Morgan fingerprint density at radius 2 is 2.00 bits per heavy atom. The Morgan fingerprint density at radius 3 is 2.88 bits per heavy atom. The molecule has 126 valence electrons. The number of carbonyl (C=O) groups is 1.